The maximum Gasteiger partial charge on any atom is 0.225 e. The molecule has 2 aliphatic rings. The zero-order valence-electron chi connectivity index (χ0n) is 19.8. The average Bonchev–Trinajstić information content (AvgIpc) is 3.20. The maximum absolute atomic E-state index is 11.0. The van der Waals surface area contributed by atoms with Crippen LogP contribution in [0.3, 0.4) is 0 Å². The monoisotopic (exact) mass is 473 g/mol. The van der Waals surface area contributed by atoms with E-state index in [1.165, 1.54) is 0 Å². The third kappa shape index (κ3) is 4.29. The van der Waals surface area contributed by atoms with Crippen LogP contribution >= 0.6 is 0 Å². The Hall–Kier alpha value is -4.01. The number of benzene rings is 1. The highest BCUT2D eigenvalue weighted by molar-refractivity contribution is 5.86. The number of aromatic nitrogens is 3. The Labute approximate surface area is 204 Å². The number of H-pyrrole nitrogens is 1. The minimum atomic E-state index is -0.0232. The number of nitrogens with one attached hydrogen (secondary N) is 1. The molecular weight excluding hydrogens is 442 g/mol. The number of para-hydroxylation sites is 1. The molecule has 182 valence electrons. The van der Waals surface area contributed by atoms with E-state index >= 15 is 0 Å². The second kappa shape index (κ2) is 9.32. The molecule has 5 rings (SSSR count). The molecule has 1 fully saturated rings. The van der Waals surface area contributed by atoms with Crippen LogP contribution in [0.4, 0.5) is 17.5 Å². The van der Waals surface area contributed by atoms with Gasteiger partial charge in [-0.25, -0.2) is 9.97 Å². The second-order valence-electron chi connectivity index (χ2n) is 9.28. The van der Waals surface area contributed by atoms with Crippen molar-refractivity contribution in [2.75, 3.05) is 35.2 Å². The zero-order valence-corrected chi connectivity index (χ0v) is 19.8. The van der Waals surface area contributed by atoms with Gasteiger partial charge in [0.1, 0.15) is 17.9 Å². The molecule has 0 aliphatic carbocycles. The third-order valence-corrected chi connectivity index (χ3v) is 7.17. The fourth-order valence-corrected chi connectivity index (χ4v) is 5.16. The first kappa shape index (κ1) is 22.8. The first-order chi connectivity index (χ1) is 17.0. The Morgan fingerprint density at radius 1 is 1.17 bits per heavy atom. The van der Waals surface area contributed by atoms with Crippen molar-refractivity contribution in [1.82, 2.24) is 15.0 Å². The summed E-state index contributed by atoms with van der Waals surface area (Å²) in [5.41, 5.74) is 17.7. The van der Waals surface area contributed by atoms with Gasteiger partial charge >= 0.3 is 0 Å². The number of fused-ring (bicyclic) bond motifs is 1. The van der Waals surface area contributed by atoms with Gasteiger partial charge in [0.05, 0.1) is 24.1 Å². The number of nitrogens with zero attached hydrogens (tertiary/aromatic N) is 4. The highest BCUT2D eigenvalue weighted by Gasteiger charge is 2.31. The standard InChI is InChI=1S/C26H31N7O2/c1-16-24-20(12-21(27)19-4-2-3-5-23(19)35)25(28)31-22(24)8-11-33(16)26-29-13-18(14-30-26)32-9-6-17(15-34)7-10-32/h2-5,12-17,31,35H,6-11,27-28H2,1H3/b21-12-. The summed E-state index contributed by atoms with van der Waals surface area (Å²) in [5.74, 6) is 1.50. The van der Waals surface area contributed by atoms with Crippen LogP contribution in [0.25, 0.3) is 11.8 Å². The number of rotatable bonds is 5. The number of piperidine rings is 1. The first-order valence-corrected chi connectivity index (χ1v) is 12.0. The number of anilines is 3. The molecule has 1 atom stereocenters. The van der Waals surface area contributed by atoms with Gasteiger partial charge in [0.15, 0.2) is 0 Å². The topological polar surface area (TPSA) is 137 Å². The van der Waals surface area contributed by atoms with Gasteiger partial charge in [-0.05, 0) is 38.0 Å². The van der Waals surface area contributed by atoms with E-state index in [1.54, 1.807) is 18.2 Å². The highest BCUT2D eigenvalue weighted by Crippen LogP contribution is 2.38. The fourth-order valence-electron chi connectivity index (χ4n) is 5.16. The number of nitrogens with two attached hydrogens (primary N) is 2. The summed E-state index contributed by atoms with van der Waals surface area (Å²) >= 11 is 0. The van der Waals surface area contributed by atoms with Crippen molar-refractivity contribution in [3.05, 3.63) is 59.0 Å². The van der Waals surface area contributed by atoms with Crippen LogP contribution in [-0.4, -0.2) is 46.0 Å². The van der Waals surface area contributed by atoms with Gasteiger partial charge in [-0.2, -0.15) is 0 Å². The summed E-state index contributed by atoms with van der Waals surface area (Å²) in [6.45, 7) is 4.55. The van der Waals surface area contributed by atoms with Crippen molar-refractivity contribution in [2.24, 2.45) is 11.7 Å². The second-order valence-corrected chi connectivity index (χ2v) is 9.28. The van der Waals surface area contributed by atoms with E-state index in [9.17, 15) is 9.90 Å². The van der Waals surface area contributed by atoms with Gasteiger partial charge in [0, 0.05) is 60.1 Å². The maximum atomic E-state index is 11.0. The highest BCUT2D eigenvalue weighted by atomic mass is 16.3. The van der Waals surface area contributed by atoms with Gasteiger partial charge in [-0.15, -0.1) is 0 Å². The molecule has 6 N–H and O–H groups in total. The SMILES string of the molecule is CC1c2c([nH]c(N)c2/C=C(\N)c2ccccc2O)CCN1c1ncc(N2CCC(C=O)CC2)cn1. The van der Waals surface area contributed by atoms with E-state index in [2.05, 4.69) is 31.7 Å². The molecule has 0 bridgehead atoms. The summed E-state index contributed by atoms with van der Waals surface area (Å²) in [5, 5.41) is 10.2. The third-order valence-electron chi connectivity index (χ3n) is 7.17. The van der Waals surface area contributed by atoms with Crippen LogP contribution in [0.2, 0.25) is 0 Å². The van der Waals surface area contributed by atoms with E-state index in [0.29, 0.717) is 23.0 Å². The number of carbonyl (C=O) groups is 1. The minimum Gasteiger partial charge on any atom is -0.507 e. The lowest BCUT2D eigenvalue weighted by molar-refractivity contribution is -0.111. The molecular formula is C26H31N7O2. The van der Waals surface area contributed by atoms with Crippen molar-refractivity contribution in [1.29, 1.82) is 0 Å². The molecule has 9 heteroatoms. The lowest BCUT2D eigenvalue weighted by Crippen LogP contribution is -2.36. The molecule has 4 heterocycles. The Kier molecular flexibility index (Phi) is 6.07. The molecule has 2 aromatic heterocycles. The number of aromatic hydroxyl groups is 1. The quantitative estimate of drug-likeness (QED) is 0.415. The fraction of sp³-hybridized carbons (Fsp3) is 0.346. The lowest BCUT2D eigenvalue weighted by atomic mass is 9.95. The van der Waals surface area contributed by atoms with Gasteiger partial charge < -0.3 is 36.2 Å². The van der Waals surface area contributed by atoms with E-state index in [-0.39, 0.29) is 17.7 Å². The van der Waals surface area contributed by atoms with Crippen LogP contribution in [0.5, 0.6) is 5.75 Å². The largest absolute Gasteiger partial charge is 0.507 e. The number of hydrogen-bond donors (Lipinski definition) is 4. The zero-order chi connectivity index (χ0) is 24.5. The molecule has 2 aliphatic heterocycles. The lowest BCUT2D eigenvalue weighted by Gasteiger charge is -2.35. The average molecular weight is 474 g/mol. The van der Waals surface area contributed by atoms with Gasteiger partial charge in [-0.3, -0.25) is 0 Å². The Balaban J connectivity index is 1.39. The molecule has 1 aromatic carbocycles. The summed E-state index contributed by atoms with van der Waals surface area (Å²) < 4.78 is 0. The number of phenolic OH excluding ortho intramolecular Hbond substituents is 1. The normalized spacial score (nSPS) is 19.0. The number of aldehydes is 1. The molecule has 0 saturated carbocycles. The predicted octanol–water partition coefficient (Wildman–Crippen LogP) is 3.09. The summed E-state index contributed by atoms with van der Waals surface area (Å²) in [4.78, 5) is 28.1. The van der Waals surface area contributed by atoms with Crippen molar-refractivity contribution in [3.8, 4) is 5.75 Å². The van der Waals surface area contributed by atoms with Gasteiger partial charge in [-0.1, -0.05) is 12.1 Å². The van der Waals surface area contributed by atoms with Gasteiger partial charge in [0.25, 0.3) is 0 Å². The number of phenols is 1. The molecule has 0 radical (unpaired) electrons. The first-order valence-electron chi connectivity index (χ1n) is 12.0. The molecule has 1 saturated heterocycles. The predicted molar refractivity (Wildman–Crippen MR) is 138 cm³/mol. The van der Waals surface area contributed by atoms with Crippen molar-refractivity contribution >= 4 is 35.5 Å². The molecule has 9 nitrogen and oxygen atoms in total. The van der Waals surface area contributed by atoms with Crippen LogP contribution < -0.4 is 21.3 Å². The Morgan fingerprint density at radius 3 is 2.57 bits per heavy atom. The van der Waals surface area contributed by atoms with Crippen LogP contribution in [0, 0.1) is 5.92 Å². The van der Waals surface area contributed by atoms with Crippen LogP contribution in [-0.2, 0) is 11.2 Å². The molecule has 0 amide bonds. The summed E-state index contributed by atoms with van der Waals surface area (Å²) in [7, 11) is 0. The smallest absolute Gasteiger partial charge is 0.225 e. The van der Waals surface area contributed by atoms with Crippen molar-refractivity contribution < 1.29 is 9.90 Å². The molecule has 35 heavy (non-hydrogen) atoms. The molecule has 0 spiro atoms. The molecule has 1 unspecified atom stereocenters. The Bertz CT molecular complexity index is 1240. The minimum absolute atomic E-state index is 0.0232. The van der Waals surface area contributed by atoms with E-state index in [0.717, 1.165) is 67.7 Å². The van der Waals surface area contributed by atoms with Crippen LogP contribution in [0.15, 0.2) is 36.7 Å². The van der Waals surface area contributed by atoms with Gasteiger partial charge in [0.2, 0.25) is 5.95 Å². The van der Waals surface area contributed by atoms with E-state index in [1.807, 2.05) is 24.5 Å². The Morgan fingerprint density at radius 2 is 1.89 bits per heavy atom. The van der Waals surface area contributed by atoms with Crippen LogP contribution in [0.1, 0.15) is 48.2 Å². The number of nitrogen functional groups attached to an aromatic ring is 1. The number of carbonyl (C=O) groups excluding carboxylic acids is 1. The van der Waals surface area contributed by atoms with Crippen molar-refractivity contribution in [2.45, 2.75) is 32.2 Å². The summed E-state index contributed by atoms with van der Waals surface area (Å²) in [6.07, 6.45) is 9.14. The van der Waals surface area contributed by atoms with E-state index < -0.39 is 0 Å². The molecule has 3 aromatic rings. The number of hydrogen-bond acceptors (Lipinski definition) is 8. The van der Waals surface area contributed by atoms with Crippen molar-refractivity contribution in [3.63, 3.8) is 0 Å². The summed E-state index contributed by atoms with van der Waals surface area (Å²) in [6, 6.07) is 6.97. The van der Waals surface area contributed by atoms with E-state index in [4.69, 9.17) is 11.5 Å². The number of aromatic amines is 1.